The maximum Gasteiger partial charge on any atom is 0.119 e. The number of quaternary nitrogens is 1. The Bertz CT molecular complexity index is 1060. The van der Waals surface area contributed by atoms with Crippen molar-refractivity contribution in [1.82, 2.24) is 0 Å². The molecule has 0 unspecified atom stereocenters. The van der Waals surface area contributed by atoms with E-state index in [9.17, 15) is 0 Å². The van der Waals surface area contributed by atoms with Crippen LogP contribution < -0.4 is 4.74 Å². The van der Waals surface area contributed by atoms with Gasteiger partial charge in [0.15, 0.2) is 0 Å². The van der Waals surface area contributed by atoms with Crippen LogP contribution >= 0.6 is 0 Å². The molecule has 2 aromatic rings. The molecule has 2 rings (SSSR count). The summed E-state index contributed by atoms with van der Waals surface area (Å²) in [6.45, 7) is 30.6. The van der Waals surface area contributed by atoms with E-state index in [0.29, 0.717) is 29.5 Å². The van der Waals surface area contributed by atoms with Crippen LogP contribution in [0.3, 0.4) is 0 Å². The summed E-state index contributed by atoms with van der Waals surface area (Å²) in [4.78, 5) is 0. The first-order chi connectivity index (χ1) is 19.1. The molecule has 0 aliphatic carbocycles. The number of rotatable bonds is 17. The van der Waals surface area contributed by atoms with Gasteiger partial charge in [-0.15, -0.1) is 0 Å². The summed E-state index contributed by atoms with van der Waals surface area (Å²) in [6, 6.07) is 19.4. The van der Waals surface area contributed by atoms with E-state index in [1.807, 2.05) is 0 Å². The standard InChI is InChI=1S/C39H66NO2/c1-35(2,3)28-36(4,5)29-37(6,7)30-38(8,9)31-39(10,11)33-19-21-34(22-20-33)42-26-25-41-24-23-40(12,13)27-32-17-15-14-16-18-32/h14-22H,23-31H2,1-13H3/q+1. The fourth-order valence-electron chi connectivity index (χ4n) is 8.30. The van der Waals surface area contributed by atoms with Gasteiger partial charge in [-0.2, -0.15) is 0 Å². The molecule has 238 valence electrons. The van der Waals surface area contributed by atoms with Crippen molar-refractivity contribution in [2.45, 2.75) is 114 Å². The van der Waals surface area contributed by atoms with E-state index in [1.54, 1.807) is 0 Å². The first-order valence-corrected chi connectivity index (χ1v) is 16.3. The largest absolute Gasteiger partial charge is 0.491 e. The lowest BCUT2D eigenvalue weighted by Crippen LogP contribution is -2.41. The molecule has 42 heavy (non-hydrogen) atoms. The quantitative estimate of drug-likeness (QED) is 0.137. The summed E-state index contributed by atoms with van der Waals surface area (Å²) in [5.41, 5.74) is 4.07. The van der Waals surface area contributed by atoms with Gasteiger partial charge >= 0.3 is 0 Å². The molecule has 0 aliphatic heterocycles. The van der Waals surface area contributed by atoms with Crippen molar-refractivity contribution in [3.05, 3.63) is 65.7 Å². The summed E-state index contributed by atoms with van der Waals surface area (Å²) in [5, 5.41) is 0. The molecule has 3 heteroatoms. The SMILES string of the molecule is CC(C)(C)CC(C)(C)CC(C)(C)CC(C)(C)CC(C)(C)c1ccc(OCCOCC[N+](C)(C)Cc2ccccc2)cc1. The van der Waals surface area contributed by atoms with Crippen LogP contribution in [0.15, 0.2) is 54.6 Å². The van der Waals surface area contributed by atoms with Gasteiger partial charge in [0.2, 0.25) is 0 Å². The Hall–Kier alpha value is -1.84. The van der Waals surface area contributed by atoms with Crippen molar-refractivity contribution in [1.29, 1.82) is 0 Å². The third-order valence-corrected chi connectivity index (χ3v) is 8.27. The minimum Gasteiger partial charge on any atom is -0.491 e. The van der Waals surface area contributed by atoms with E-state index >= 15 is 0 Å². The third-order valence-electron chi connectivity index (χ3n) is 8.27. The van der Waals surface area contributed by atoms with Gasteiger partial charge in [0.05, 0.1) is 27.3 Å². The molecular weight excluding hydrogens is 514 g/mol. The van der Waals surface area contributed by atoms with Crippen molar-refractivity contribution in [3.8, 4) is 5.75 Å². The molecule has 0 saturated carbocycles. The van der Waals surface area contributed by atoms with Gasteiger partial charge in [-0.3, -0.25) is 0 Å². The second kappa shape index (κ2) is 14.3. The fourth-order valence-corrected chi connectivity index (χ4v) is 8.30. The van der Waals surface area contributed by atoms with Gasteiger partial charge in [0, 0.05) is 5.56 Å². The third kappa shape index (κ3) is 14.1. The molecule has 0 amide bonds. The van der Waals surface area contributed by atoms with Gasteiger partial charge in [0.25, 0.3) is 0 Å². The van der Waals surface area contributed by atoms with Crippen LogP contribution in [-0.4, -0.2) is 44.9 Å². The molecule has 0 heterocycles. The number of ether oxygens (including phenoxy) is 2. The number of likely N-dealkylation sites (N-methyl/N-ethyl adjacent to an activating group) is 1. The normalized spacial score (nSPS) is 13.8. The molecule has 0 fully saturated rings. The smallest absolute Gasteiger partial charge is 0.119 e. The molecule has 0 N–H and O–H groups in total. The van der Waals surface area contributed by atoms with Crippen molar-refractivity contribution in [2.24, 2.45) is 21.7 Å². The van der Waals surface area contributed by atoms with Crippen molar-refractivity contribution in [2.75, 3.05) is 40.5 Å². The Balaban J connectivity index is 1.81. The Kier molecular flexibility index (Phi) is 12.4. The minimum absolute atomic E-state index is 0.0902. The number of nitrogens with zero attached hydrogens (tertiary/aromatic N) is 1. The van der Waals surface area contributed by atoms with E-state index in [2.05, 4.69) is 145 Å². The van der Waals surface area contributed by atoms with Crippen LogP contribution in [0.4, 0.5) is 0 Å². The maximum absolute atomic E-state index is 6.02. The number of hydrogen-bond acceptors (Lipinski definition) is 2. The molecule has 0 radical (unpaired) electrons. The number of benzene rings is 2. The Labute approximate surface area is 261 Å². The first-order valence-electron chi connectivity index (χ1n) is 16.3. The predicted molar refractivity (Wildman–Crippen MR) is 182 cm³/mol. The van der Waals surface area contributed by atoms with E-state index in [0.717, 1.165) is 36.3 Å². The molecule has 0 aliphatic rings. The average Bonchev–Trinajstić information content (AvgIpc) is 2.78. The summed E-state index contributed by atoms with van der Waals surface area (Å²) < 4.78 is 12.8. The maximum atomic E-state index is 6.02. The van der Waals surface area contributed by atoms with Crippen LogP contribution in [0.1, 0.15) is 113 Å². The molecule has 0 aromatic heterocycles. The summed E-state index contributed by atoms with van der Waals surface area (Å²) in [7, 11) is 4.51. The van der Waals surface area contributed by atoms with Gasteiger partial charge < -0.3 is 14.0 Å². The van der Waals surface area contributed by atoms with Crippen LogP contribution in [0.5, 0.6) is 5.75 Å². The highest BCUT2D eigenvalue weighted by molar-refractivity contribution is 5.32. The Morgan fingerprint density at radius 3 is 1.64 bits per heavy atom. The van der Waals surface area contributed by atoms with Gasteiger partial charge in [-0.25, -0.2) is 0 Å². The van der Waals surface area contributed by atoms with Crippen LogP contribution in [0.25, 0.3) is 0 Å². The van der Waals surface area contributed by atoms with Gasteiger partial charge in [0.1, 0.15) is 25.4 Å². The molecular formula is C39H66NO2+. The van der Waals surface area contributed by atoms with E-state index in [-0.39, 0.29) is 10.8 Å². The second-order valence-corrected chi connectivity index (χ2v) is 17.9. The molecule has 0 bridgehead atoms. The molecule has 2 aromatic carbocycles. The highest BCUT2D eigenvalue weighted by Crippen LogP contribution is 2.49. The lowest BCUT2D eigenvalue weighted by atomic mass is 9.61. The predicted octanol–water partition coefficient (Wildman–Crippen LogP) is 10.3. The molecule has 0 atom stereocenters. The molecule has 3 nitrogen and oxygen atoms in total. The zero-order valence-corrected chi connectivity index (χ0v) is 29.8. The summed E-state index contributed by atoms with van der Waals surface area (Å²) in [5.74, 6) is 0.916. The average molecular weight is 581 g/mol. The zero-order valence-electron chi connectivity index (χ0n) is 29.8. The highest BCUT2D eigenvalue weighted by atomic mass is 16.5. The van der Waals surface area contributed by atoms with Crippen LogP contribution in [0, 0.1) is 21.7 Å². The van der Waals surface area contributed by atoms with Crippen molar-refractivity contribution < 1.29 is 14.0 Å². The summed E-state index contributed by atoms with van der Waals surface area (Å²) in [6.07, 6.45) is 4.88. The number of hydrogen-bond donors (Lipinski definition) is 0. The second-order valence-electron chi connectivity index (χ2n) is 17.9. The monoisotopic (exact) mass is 581 g/mol. The van der Waals surface area contributed by atoms with Gasteiger partial charge in [-0.05, 0) is 70.5 Å². The first kappa shape index (κ1) is 36.4. The van der Waals surface area contributed by atoms with E-state index < -0.39 is 0 Å². The topological polar surface area (TPSA) is 18.5 Å². The lowest BCUT2D eigenvalue weighted by molar-refractivity contribution is -0.904. The zero-order chi connectivity index (χ0) is 31.9. The Morgan fingerprint density at radius 1 is 0.571 bits per heavy atom. The molecule has 0 spiro atoms. The fraction of sp³-hybridized carbons (Fsp3) is 0.692. The highest BCUT2D eigenvalue weighted by Gasteiger charge is 2.38. The van der Waals surface area contributed by atoms with Crippen molar-refractivity contribution in [3.63, 3.8) is 0 Å². The van der Waals surface area contributed by atoms with Gasteiger partial charge in [-0.1, -0.05) is 119 Å². The minimum atomic E-state index is 0.0902. The van der Waals surface area contributed by atoms with E-state index in [4.69, 9.17) is 9.47 Å². The molecule has 0 saturated heterocycles. The van der Waals surface area contributed by atoms with Crippen LogP contribution in [-0.2, 0) is 16.7 Å². The van der Waals surface area contributed by atoms with E-state index in [1.165, 1.54) is 30.4 Å². The van der Waals surface area contributed by atoms with Crippen LogP contribution in [0.2, 0.25) is 0 Å². The Morgan fingerprint density at radius 2 is 1.10 bits per heavy atom. The lowest BCUT2D eigenvalue weighted by Gasteiger charge is -2.44. The summed E-state index contributed by atoms with van der Waals surface area (Å²) >= 11 is 0. The van der Waals surface area contributed by atoms with Crippen molar-refractivity contribution >= 4 is 0 Å².